The molecule has 0 spiro atoms. The third kappa shape index (κ3) is 2.41. The van der Waals surface area contributed by atoms with Crippen LogP contribution in [0.2, 0.25) is 0 Å². The molecule has 2 rings (SSSR count). The predicted octanol–water partition coefficient (Wildman–Crippen LogP) is 3.14. The molecule has 0 aromatic heterocycles. The zero-order valence-electron chi connectivity index (χ0n) is 10.9. The van der Waals surface area contributed by atoms with Crippen molar-refractivity contribution in [2.45, 2.75) is 20.3 Å². The van der Waals surface area contributed by atoms with Crippen LogP contribution in [0.15, 0.2) is 30.3 Å². The van der Waals surface area contributed by atoms with Crippen molar-refractivity contribution >= 4 is 17.0 Å². The van der Waals surface area contributed by atoms with Crippen LogP contribution in [0.1, 0.15) is 25.8 Å². The molecule has 1 aliphatic carbocycles. The molecule has 1 aliphatic rings. The minimum absolute atomic E-state index is 0.00658. The highest BCUT2D eigenvalue weighted by atomic mass is 16.1. The summed E-state index contributed by atoms with van der Waals surface area (Å²) in [5.74, 6) is 0.257. The maximum Gasteiger partial charge on any atom is 0.164 e. The fraction of sp³-hybridized carbons (Fsp3) is 0.400. The van der Waals surface area contributed by atoms with Crippen LogP contribution in [0.25, 0.3) is 5.57 Å². The Balaban J connectivity index is 2.33. The van der Waals surface area contributed by atoms with Gasteiger partial charge in [0.15, 0.2) is 5.78 Å². The molecule has 2 nitrogen and oxygen atoms in total. The van der Waals surface area contributed by atoms with Gasteiger partial charge in [-0.15, -0.1) is 0 Å². The minimum Gasteiger partial charge on any atom is -0.378 e. The molecular formula is C15H19NO. The summed E-state index contributed by atoms with van der Waals surface area (Å²) in [6.45, 7) is 4.21. The van der Waals surface area contributed by atoms with E-state index in [-0.39, 0.29) is 11.2 Å². The van der Waals surface area contributed by atoms with Gasteiger partial charge in [0.05, 0.1) is 0 Å². The van der Waals surface area contributed by atoms with E-state index in [0.29, 0.717) is 6.42 Å². The van der Waals surface area contributed by atoms with Crippen molar-refractivity contribution in [3.05, 3.63) is 35.9 Å². The molecule has 0 unspecified atom stereocenters. The third-order valence-corrected chi connectivity index (χ3v) is 3.15. The zero-order chi connectivity index (χ0) is 12.6. The SMILES string of the molecule is CN(C)c1ccc(C2=CC(C)(C)CC2=O)cc1. The summed E-state index contributed by atoms with van der Waals surface area (Å²) in [4.78, 5) is 14.0. The molecule has 0 radical (unpaired) electrons. The van der Waals surface area contributed by atoms with Gasteiger partial charge >= 0.3 is 0 Å². The van der Waals surface area contributed by atoms with E-state index in [0.717, 1.165) is 16.8 Å². The molecule has 0 bridgehead atoms. The van der Waals surface area contributed by atoms with E-state index in [4.69, 9.17) is 0 Å². The van der Waals surface area contributed by atoms with E-state index in [1.54, 1.807) is 0 Å². The van der Waals surface area contributed by atoms with Crippen LogP contribution in [0, 0.1) is 5.41 Å². The van der Waals surface area contributed by atoms with Crippen LogP contribution < -0.4 is 4.90 Å². The lowest BCUT2D eigenvalue weighted by atomic mass is 9.93. The fourth-order valence-electron chi connectivity index (χ4n) is 2.21. The number of anilines is 1. The van der Waals surface area contributed by atoms with Gasteiger partial charge in [0.1, 0.15) is 0 Å². The molecule has 90 valence electrons. The highest BCUT2D eigenvalue weighted by Crippen LogP contribution is 2.37. The predicted molar refractivity (Wildman–Crippen MR) is 72.2 cm³/mol. The molecule has 0 heterocycles. The van der Waals surface area contributed by atoms with Gasteiger partial charge in [0.25, 0.3) is 0 Å². The molecule has 0 atom stereocenters. The molecule has 0 fully saturated rings. The summed E-state index contributed by atoms with van der Waals surface area (Å²) in [5, 5.41) is 0. The number of carbonyl (C=O) groups is 1. The Bertz CT molecular complexity index is 466. The van der Waals surface area contributed by atoms with Gasteiger partial charge in [-0.25, -0.2) is 0 Å². The molecule has 0 saturated heterocycles. The monoisotopic (exact) mass is 229 g/mol. The van der Waals surface area contributed by atoms with Crippen LogP contribution in [0.3, 0.4) is 0 Å². The molecule has 17 heavy (non-hydrogen) atoms. The van der Waals surface area contributed by atoms with E-state index in [1.165, 1.54) is 0 Å². The second-order valence-electron chi connectivity index (χ2n) is 5.59. The summed E-state index contributed by atoms with van der Waals surface area (Å²) in [5.41, 5.74) is 3.07. The zero-order valence-corrected chi connectivity index (χ0v) is 10.9. The number of nitrogens with zero attached hydrogens (tertiary/aromatic N) is 1. The van der Waals surface area contributed by atoms with Crippen molar-refractivity contribution in [2.24, 2.45) is 5.41 Å². The number of hydrogen-bond acceptors (Lipinski definition) is 2. The highest BCUT2D eigenvalue weighted by molar-refractivity contribution is 6.23. The Morgan fingerprint density at radius 2 is 1.71 bits per heavy atom. The smallest absolute Gasteiger partial charge is 0.164 e. The first kappa shape index (κ1) is 11.9. The number of ketones is 1. The van der Waals surface area contributed by atoms with Gasteiger partial charge in [-0.3, -0.25) is 4.79 Å². The summed E-state index contributed by atoms with van der Waals surface area (Å²) in [6.07, 6.45) is 2.72. The first-order valence-corrected chi connectivity index (χ1v) is 5.93. The fourth-order valence-corrected chi connectivity index (χ4v) is 2.21. The van der Waals surface area contributed by atoms with Crippen molar-refractivity contribution in [2.75, 3.05) is 19.0 Å². The van der Waals surface area contributed by atoms with E-state index < -0.39 is 0 Å². The lowest BCUT2D eigenvalue weighted by molar-refractivity contribution is -0.114. The summed E-state index contributed by atoms with van der Waals surface area (Å²) in [7, 11) is 4.02. The molecule has 1 aromatic rings. The Morgan fingerprint density at radius 1 is 1.12 bits per heavy atom. The molecular weight excluding hydrogens is 210 g/mol. The van der Waals surface area contributed by atoms with E-state index >= 15 is 0 Å². The number of hydrogen-bond donors (Lipinski definition) is 0. The van der Waals surface area contributed by atoms with Gasteiger partial charge in [0.2, 0.25) is 0 Å². The Labute approximate surface area is 103 Å². The van der Waals surface area contributed by atoms with Crippen molar-refractivity contribution in [1.82, 2.24) is 0 Å². The summed E-state index contributed by atoms with van der Waals surface area (Å²) < 4.78 is 0. The van der Waals surface area contributed by atoms with Crippen molar-refractivity contribution in [3.63, 3.8) is 0 Å². The van der Waals surface area contributed by atoms with Crippen molar-refractivity contribution < 1.29 is 4.79 Å². The normalized spacial score (nSPS) is 18.1. The molecule has 1 aromatic carbocycles. The van der Waals surface area contributed by atoms with Crippen LogP contribution in [0.5, 0.6) is 0 Å². The number of allylic oxidation sites excluding steroid dienone is 2. The number of carbonyl (C=O) groups excluding carboxylic acids is 1. The molecule has 0 amide bonds. The van der Waals surface area contributed by atoms with Gasteiger partial charge in [-0.05, 0) is 23.1 Å². The number of Topliss-reactive ketones (excluding diaryl/α,β-unsaturated/α-hetero) is 1. The lowest BCUT2D eigenvalue weighted by Crippen LogP contribution is -2.08. The number of benzene rings is 1. The topological polar surface area (TPSA) is 20.3 Å². The van der Waals surface area contributed by atoms with Crippen LogP contribution in [-0.2, 0) is 4.79 Å². The standard InChI is InChI=1S/C15H19NO/c1-15(2)9-13(14(17)10-15)11-5-7-12(8-6-11)16(3)4/h5-9H,10H2,1-4H3. The van der Waals surface area contributed by atoms with Crippen LogP contribution in [-0.4, -0.2) is 19.9 Å². The third-order valence-electron chi connectivity index (χ3n) is 3.15. The van der Waals surface area contributed by atoms with Crippen molar-refractivity contribution in [3.8, 4) is 0 Å². The first-order chi connectivity index (χ1) is 7.89. The van der Waals surface area contributed by atoms with E-state index in [1.807, 2.05) is 26.2 Å². The molecule has 0 aliphatic heterocycles. The largest absolute Gasteiger partial charge is 0.378 e. The average Bonchev–Trinajstić information content (AvgIpc) is 2.52. The van der Waals surface area contributed by atoms with Gasteiger partial charge in [0, 0.05) is 31.8 Å². The second kappa shape index (κ2) is 4.02. The lowest BCUT2D eigenvalue weighted by Gasteiger charge is -2.12. The van der Waals surface area contributed by atoms with Gasteiger partial charge in [-0.1, -0.05) is 32.1 Å². The quantitative estimate of drug-likeness (QED) is 0.776. The number of rotatable bonds is 2. The molecule has 2 heteroatoms. The maximum atomic E-state index is 11.9. The Kier molecular flexibility index (Phi) is 2.82. The Hall–Kier alpha value is -1.57. The molecule has 0 N–H and O–H groups in total. The average molecular weight is 229 g/mol. The van der Waals surface area contributed by atoms with Crippen LogP contribution in [0.4, 0.5) is 5.69 Å². The van der Waals surface area contributed by atoms with Crippen LogP contribution >= 0.6 is 0 Å². The maximum absolute atomic E-state index is 11.9. The Morgan fingerprint density at radius 3 is 2.12 bits per heavy atom. The van der Waals surface area contributed by atoms with E-state index in [2.05, 4.69) is 37.0 Å². The molecule has 0 saturated carbocycles. The summed E-state index contributed by atoms with van der Waals surface area (Å²) in [6, 6.07) is 8.16. The first-order valence-electron chi connectivity index (χ1n) is 5.93. The highest BCUT2D eigenvalue weighted by Gasteiger charge is 2.30. The van der Waals surface area contributed by atoms with Crippen molar-refractivity contribution in [1.29, 1.82) is 0 Å². The van der Waals surface area contributed by atoms with E-state index in [9.17, 15) is 4.79 Å². The summed E-state index contributed by atoms with van der Waals surface area (Å²) >= 11 is 0. The van der Waals surface area contributed by atoms with Gasteiger partial charge < -0.3 is 4.90 Å². The van der Waals surface area contributed by atoms with Gasteiger partial charge in [-0.2, -0.15) is 0 Å². The minimum atomic E-state index is 0.00658. The second-order valence-corrected chi connectivity index (χ2v) is 5.59.